The number of aryl methyl sites for hydroxylation is 1. The summed E-state index contributed by atoms with van der Waals surface area (Å²) in [7, 11) is 0. The van der Waals surface area contributed by atoms with Crippen LogP contribution in [0.5, 0.6) is 0 Å². The minimum atomic E-state index is -0.344. The van der Waals surface area contributed by atoms with Gasteiger partial charge < -0.3 is 0 Å². The number of hydrazine groups is 1. The third-order valence-electron chi connectivity index (χ3n) is 2.59. The molecule has 4 heteroatoms. The predicted molar refractivity (Wildman–Crippen MR) is 70.6 cm³/mol. The first-order valence-electron chi connectivity index (χ1n) is 5.84. The Balaban J connectivity index is 3.06. The van der Waals surface area contributed by atoms with E-state index in [2.05, 4.69) is 5.43 Å². The number of carbonyl (C=O) groups is 1. The lowest BCUT2D eigenvalue weighted by molar-refractivity contribution is 0.0710. The number of hydrogen-bond donors (Lipinski definition) is 1. The molecular formula is C14H19N3O. The molecule has 0 fully saturated rings. The Morgan fingerprint density at radius 2 is 1.94 bits per heavy atom. The van der Waals surface area contributed by atoms with Gasteiger partial charge in [-0.25, -0.2) is 5.43 Å². The number of benzene rings is 1. The maximum Gasteiger partial charge on any atom is 0.281 e. The highest BCUT2D eigenvalue weighted by atomic mass is 16.2. The first kappa shape index (κ1) is 14.2. The Bertz CT molecular complexity index is 495. The molecule has 0 saturated carbocycles. The zero-order valence-corrected chi connectivity index (χ0v) is 11.5. The molecule has 0 aliphatic carbocycles. The van der Waals surface area contributed by atoms with Crippen LogP contribution in [-0.4, -0.2) is 16.5 Å². The quantitative estimate of drug-likeness (QED) is 0.495. The van der Waals surface area contributed by atoms with Crippen LogP contribution in [0.2, 0.25) is 0 Å². The summed E-state index contributed by atoms with van der Waals surface area (Å²) >= 11 is 0. The highest BCUT2D eigenvalue weighted by molar-refractivity contribution is 5.96. The van der Waals surface area contributed by atoms with Crippen molar-refractivity contribution < 1.29 is 4.79 Å². The zero-order valence-electron chi connectivity index (χ0n) is 11.5. The van der Waals surface area contributed by atoms with Gasteiger partial charge in [0.2, 0.25) is 6.19 Å². The summed E-state index contributed by atoms with van der Waals surface area (Å²) in [6.07, 6.45) is 1.88. The lowest BCUT2D eigenvalue weighted by atomic mass is 10.0. The molecule has 96 valence electrons. The van der Waals surface area contributed by atoms with Crippen molar-refractivity contribution >= 4 is 5.91 Å². The van der Waals surface area contributed by atoms with Crippen molar-refractivity contribution in [2.75, 3.05) is 0 Å². The van der Waals surface area contributed by atoms with Crippen molar-refractivity contribution in [1.29, 1.82) is 5.26 Å². The molecule has 0 bridgehead atoms. The van der Waals surface area contributed by atoms with E-state index < -0.39 is 0 Å². The van der Waals surface area contributed by atoms with Gasteiger partial charge in [-0.15, -0.1) is 0 Å². The molecule has 0 atom stereocenters. The van der Waals surface area contributed by atoms with Crippen molar-refractivity contribution in [2.24, 2.45) is 0 Å². The second kappa shape index (κ2) is 5.19. The van der Waals surface area contributed by atoms with E-state index in [0.717, 1.165) is 16.1 Å². The minimum Gasteiger partial charge on any atom is -0.266 e. The van der Waals surface area contributed by atoms with Gasteiger partial charge in [-0.2, -0.15) is 10.3 Å². The van der Waals surface area contributed by atoms with Crippen molar-refractivity contribution in [3.63, 3.8) is 0 Å². The second-order valence-corrected chi connectivity index (χ2v) is 5.35. The number of hydrogen-bond acceptors (Lipinski definition) is 3. The summed E-state index contributed by atoms with van der Waals surface area (Å²) in [6, 6.07) is 5.50. The Morgan fingerprint density at radius 1 is 1.33 bits per heavy atom. The van der Waals surface area contributed by atoms with E-state index in [-0.39, 0.29) is 11.4 Å². The third-order valence-corrected chi connectivity index (χ3v) is 2.59. The SMILES string of the molecule is Cc1cccc(C(=O)N(C#N)NC(C)(C)C)c1C. The fourth-order valence-electron chi connectivity index (χ4n) is 1.56. The van der Waals surface area contributed by atoms with Crippen molar-refractivity contribution in [2.45, 2.75) is 40.2 Å². The highest BCUT2D eigenvalue weighted by Crippen LogP contribution is 2.15. The lowest BCUT2D eigenvalue weighted by Gasteiger charge is -2.26. The molecule has 1 amide bonds. The maximum atomic E-state index is 12.3. The van der Waals surface area contributed by atoms with Crippen LogP contribution in [0.3, 0.4) is 0 Å². The van der Waals surface area contributed by atoms with Crippen LogP contribution in [0.15, 0.2) is 18.2 Å². The van der Waals surface area contributed by atoms with Crippen LogP contribution in [0.1, 0.15) is 42.3 Å². The molecular weight excluding hydrogens is 226 g/mol. The normalized spacial score (nSPS) is 10.9. The van der Waals surface area contributed by atoms with Crippen LogP contribution >= 0.6 is 0 Å². The second-order valence-electron chi connectivity index (χ2n) is 5.35. The fraction of sp³-hybridized carbons (Fsp3) is 0.429. The Kier molecular flexibility index (Phi) is 4.10. The van der Waals surface area contributed by atoms with Crippen molar-refractivity contribution in [3.8, 4) is 6.19 Å². The Hall–Kier alpha value is -1.86. The van der Waals surface area contributed by atoms with E-state index in [1.165, 1.54) is 0 Å². The average molecular weight is 245 g/mol. The van der Waals surface area contributed by atoms with Gasteiger partial charge >= 0.3 is 0 Å². The molecule has 0 spiro atoms. The molecule has 1 aromatic rings. The minimum absolute atomic E-state index is 0.325. The van der Waals surface area contributed by atoms with Crippen LogP contribution in [0.25, 0.3) is 0 Å². The molecule has 18 heavy (non-hydrogen) atoms. The topological polar surface area (TPSA) is 56.1 Å². The fourth-order valence-corrected chi connectivity index (χ4v) is 1.56. The van der Waals surface area contributed by atoms with Gasteiger partial charge in [-0.3, -0.25) is 4.79 Å². The van der Waals surface area contributed by atoms with Crippen molar-refractivity contribution in [1.82, 2.24) is 10.4 Å². The molecule has 0 unspecified atom stereocenters. The third kappa shape index (κ3) is 3.31. The summed E-state index contributed by atoms with van der Waals surface area (Å²) < 4.78 is 0. The van der Waals surface area contributed by atoms with Crippen LogP contribution < -0.4 is 5.43 Å². The summed E-state index contributed by atoms with van der Waals surface area (Å²) in [4.78, 5) is 12.3. The highest BCUT2D eigenvalue weighted by Gasteiger charge is 2.22. The summed E-state index contributed by atoms with van der Waals surface area (Å²) in [5, 5.41) is 10.1. The Labute approximate surface area is 108 Å². The van der Waals surface area contributed by atoms with Gasteiger partial charge in [0, 0.05) is 11.1 Å². The molecule has 0 aromatic heterocycles. The summed E-state index contributed by atoms with van der Waals surface area (Å²) in [6.45, 7) is 9.52. The molecule has 0 aliphatic rings. The summed E-state index contributed by atoms with van der Waals surface area (Å²) in [5.41, 5.74) is 5.02. The van der Waals surface area contributed by atoms with E-state index in [0.29, 0.717) is 5.56 Å². The van der Waals surface area contributed by atoms with Gasteiger partial charge in [0.15, 0.2) is 0 Å². The number of carbonyl (C=O) groups excluding carboxylic acids is 1. The summed E-state index contributed by atoms with van der Waals surface area (Å²) in [5.74, 6) is -0.325. The van der Waals surface area contributed by atoms with Crippen LogP contribution in [-0.2, 0) is 0 Å². The number of nitrogens with zero attached hydrogens (tertiary/aromatic N) is 2. The first-order chi connectivity index (χ1) is 8.26. The molecule has 0 radical (unpaired) electrons. The van der Waals surface area contributed by atoms with Gasteiger partial charge in [0.1, 0.15) is 0 Å². The van der Waals surface area contributed by atoms with Gasteiger partial charge in [-0.05, 0) is 51.8 Å². The van der Waals surface area contributed by atoms with E-state index in [9.17, 15) is 4.79 Å². The smallest absolute Gasteiger partial charge is 0.266 e. The molecule has 0 aliphatic heterocycles. The maximum absolute atomic E-state index is 12.3. The average Bonchev–Trinajstić information content (AvgIpc) is 2.27. The number of amides is 1. The molecule has 4 nitrogen and oxygen atoms in total. The predicted octanol–water partition coefficient (Wildman–Crippen LogP) is 2.53. The zero-order chi connectivity index (χ0) is 13.9. The van der Waals surface area contributed by atoms with E-state index >= 15 is 0 Å². The van der Waals surface area contributed by atoms with Crippen LogP contribution in [0, 0.1) is 25.3 Å². The largest absolute Gasteiger partial charge is 0.281 e. The van der Waals surface area contributed by atoms with Gasteiger partial charge in [-0.1, -0.05) is 12.1 Å². The standard InChI is InChI=1S/C14H19N3O/c1-10-7-6-8-12(11(10)2)13(18)17(9-15)16-14(3,4)5/h6-8,16H,1-5H3. The number of nitrogens with one attached hydrogen (secondary N) is 1. The number of nitriles is 1. The van der Waals surface area contributed by atoms with E-state index in [4.69, 9.17) is 5.26 Å². The monoisotopic (exact) mass is 245 g/mol. The molecule has 1 rings (SSSR count). The molecule has 1 N–H and O–H groups in total. The van der Waals surface area contributed by atoms with Crippen molar-refractivity contribution in [3.05, 3.63) is 34.9 Å². The Morgan fingerprint density at radius 3 is 2.44 bits per heavy atom. The van der Waals surface area contributed by atoms with E-state index in [1.807, 2.05) is 52.9 Å². The molecule has 1 aromatic carbocycles. The first-order valence-corrected chi connectivity index (χ1v) is 5.84. The van der Waals surface area contributed by atoms with Gasteiger partial charge in [0.25, 0.3) is 5.91 Å². The van der Waals surface area contributed by atoms with E-state index in [1.54, 1.807) is 6.07 Å². The van der Waals surface area contributed by atoms with Crippen LogP contribution in [0.4, 0.5) is 0 Å². The lowest BCUT2D eigenvalue weighted by Crippen LogP contribution is -2.49. The number of rotatable bonds is 2. The molecule has 0 heterocycles. The molecule has 0 saturated heterocycles. The van der Waals surface area contributed by atoms with Gasteiger partial charge in [0.05, 0.1) is 0 Å².